The van der Waals surface area contributed by atoms with Crippen LogP contribution in [-0.4, -0.2) is 11.5 Å². The number of aryl methyl sites for hydroxylation is 2. The minimum atomic E-state index is 0.727. The molecule has 1 aromatic rings. The van der Waals surface area contributed by atoms with Crippen molar-refractivity contribution in [3.8, 4) is 0 Å². The van der Waals surface area contributed by atoms with Gasteiger partial charge in [-0.3, -0.25) is 0 Å². The van der Waals surface area contributed by atoms with Gasteiger partial charge in [0.25, 0.3) is 0 Å². The van der Waals surface area contributed by atoms with E-state index in [-0.39, 0.29) is 0 Å². The molecule has 0 aliphatic carbocycles. The standard InChI is InChI=1S/C8H14N2O/c1-4-9-5-8-10-6(2)7(3)11-8/h9H,4-5H2,1-3H3. The Morgan fingerprint density at radius 3 is 2.64 bits per heavy atom. The lowest BCUT2D eigenvalue weighted by Crippen LogP contribution is -2.11. The zero-order chi connectivity index (χ0) is 8.27. The first kappa shape index (κ1) is 8.27. The minimum Gasteiger partial charge on any atom is -0.444 e. The lowest BCUT2D eigenvalue weighted by Gasteiger charge is -1.93. The van der Waals surface area contributed by atoms with Crippen molar-refractivity contribution >= 4 is 0 Å². The van der Waals surface area contributed by atoms with Crippen molar-refractivity contribution in [3.63, 3.8) is 0 Å². The van der Waals surface area contributed by atoms with Gasteiger partial charge in [-0.1, -0.05) is 6.92 Å². The topological polar surface area (TPSA) is 38.1 Å². The van der Waals surface area contributed by atoms with Crippen LogP contribution in [0, 0.1) is 13.8 Å². The molecule has 0 saturated carbocycles. The van der Waals surface area contributed by atoms with Gasteiger partial charge < -0.3 is 9.73 Å². The van der Waals surface area contributed by atoms with Crippen LogP contribution in [0.1, 0.15) is 24.3 Å². The van der Waals surface area contributed by atoms with Gasteiger partial charge >= 0.3 is 0 Å². The second-order valence-corrected chi connectivity index (χ2v) is 2.53. The van der Waals surface area contributed by atoms with Crippen molar-refractivity contribution in [2.24, 2.45) is 0 Å². The van der Waals surface area contributed by atoms with Gasteiger partial charge in [-0.25, -0.2) is 4.98 Å². The average Bonchev–Trinajstić information content (AvgIpc) is 2.28. The third kappa shape index (κ3) is 2.05. The van der Waals surface area contributed by atoms with Gasteiger partial charge in [0, 0.05) is 0 Å². The molecule has 1 aromatic heterocycles. The van der Waals surface area contributed by atoms with Crippen LogP contribution >= 0.6 is 0 Å². The van der Waals surface area contributed by atoms with E-state index in [4.69, 9.17) is 4.42 Å². The second kappa shape index (κ2) is 3.53. The zero-order valence-corrected chi connectivity index (χ0v) is 7.27. The van der Waals surface area contributed by atoms with E-state index < -0.39 is 0 Å². The Kier molecular flexibility index (Phi) is 2.65. The highest BCUT2D eigenvalue weighted by molar-refractivity contribution is 5.04. The summed E-state index contributed by atoms with van der Waals surface area (Å²) in [7, 11) is 0. The summed E-state index contributed by atoms with van der Waals surface area (Å²) >= 11 is 0. The van der Waals surface area contributed by atoms with Crippen LogP contribution in [0.3, 0.4) is 0 Å². The molecule has 1 heterocycles. The molecule has 0 amide bonds. The predicted octanol–water partition coefficient (Wildman–Crippen LogP) is 1.40. The van der Waals surface area contributed by atoms with Crippen LogP contribution < -0.4 is 5.32 Å². The Balaban J connectivity index is 2.58. The Bertz CT molecular complexity index is 210. The van der Waals surface area contributed by atoms with E-state index in [1.54, 1.807) is 0 Å². The van der Waals surface area contributed by atoms with Crippen LogP contribution in [0.2, 0.25) is 0 Å². The van der Waals surface area contributed by atoms with Crippen LogP contribution in [0.4, 0.5) is 0 Å². The van der Waals surface area contributed by atoms with Gasteiger partial charge in [0.15, 0.2) is 0 Å². The van der Waals surface area contributed by atoms with E-state index in [0.717, 1.165) is 30.4 Å². The van der Waals surface area contributed by atoms with Crippen molar-refractivity contribution in [3.05, 3.63) is 17.3 Å². The second-order valence-electron chi connectivity index (χ2n) is 2.53. The molecule has 0 fully saturated rings. The number of oxazole rings is 1. The van der Waals surface area contributed by atoms with Crippen LogP contribution in [0.25, 0.3) is 0 Å². The predicted molar refractivity (Wildman–Crippen MR) is 43.4 cm³/mol. The fourth-order valence-corrected chi connectivity index (χ4v) is 0.847. The van der Waals surface area contributed by atoms with Crippen molar-refractivity contribution in [2.45, 2.75) is 27.3 Å². The Morgan fingerprint density at radius 2 is 2.18 bits per heavy atom. The van der Waals surface area contributed by atoms with Gasteiger partial charge in [0.1, 0.15) is 5.76 Å². The maximum absolute atomic E-state index is 5.34. The van der Waals surface area contributed by atoms with E-state index >= 15 is 0 Å². The van der Waals surface area contributed by atoms with Gasteiger partial charge in [-0.05, 0) is 20.4 Å². The van der Waals surface area contributed by atoms with Gasteiger partial charge in [0.05, 0.1) is 12.2 Å². The van der Waals surface area contributed by atoms with Crippen LogP contribution in [-0.2, 0) is 6.54 Å². The molecule has 3 nitrogen and oxygen atoms in total. The molecule has 11 heavy (non-hydrogen) atoms. The number of hydrogen-bond acceptors (Lipinski definition) is 3. The third-order valence-corrected chi connectivity index (χ3v) is 1.60. The molecular weight excluding hydrogens is 140 g/mol. The quantitative estimate of drug-likeness (QED) is 0.715. The highest BCUT2D eigenvalue weighted by atomic mass is 16.4. The van der Waals surface area contributed by atoms with Crippen LogP contribution in [0.15, 0.2) is 4.42 Å². The molecule has 0 aromatic carbocycles. The Labute approximate surface area is 66.8 Å². The molecule has 3 heteroatoms. The Hall–Kier alpha value is -0.830. The summed E-state index contributed by atoms with van der Waals surface area (Å²) in [4.78, 5) is 4.22. The molecular formula is C8H14N2O. The SMILES string of the molecule is CCNCc1nc(C)c(C)o1. The fraction of sp³-hybridized carbons (Fsp3) is 0.625. The monoisotopic (exact) mass is 154 g/mol. The number of rotatable bonds is 3. The third-order valence-electron chi connectivity index (χ3n) is 1.60. The summed E-state index contributed by atoms with van der Waals surface area (Å²) in [5.74, 6) is 1.69. The van der Waals surface area contributed by atoms with E-state index in [1.807, 2.05) is 13.8 Å². The molecule has 1 rings (SSSR count). The van der Waals surface area contributed by atoms with Gasteiger partial charge in [-0.15, -0.1) is 0 Å². The molecule has 1 N–H and O–H groups in total. The fourth-order valence-electron chi connectivity index (χ4n) is 0.847. The molecule has 0 unspecified atom stereocenters. The maximum Gasteiger partial charge on any atom is 0.208 e. The first-order chi connectivity index (χ1) is 5.24. The number of hydrogen-bond donors (Lipinski definition) is 1. The molecule has 0 spiro atoms. The number of aromatic nitrogens is 1. The molecule has 0 aliphatic heterocycles. The van der Waals surface area contributed by atoms with Crippen LogP contribution in [0.5, 0.6) is 0 Å². The lowest BCUT2D eigenvalue weighted by molar-refractivity contribution is 0.452. The summed E-state index contributed by atoms with van der Waals surface area (Å²) < 4.78 is 5.34. The maximum atomic E-state index is 5.34. The average molecular weight is 154 g/mol. The van der Waals surface area contributed by atoms with E-state index in [0.29, 0.717) is 0 Å². The summed E-state index contributed by atoms with van der Waals surface area (Å²) in [5.41, 5.74) is 0.984. The molecule has 0 atom stereocenters. The minimum absolute atomic E-state index is 0.727. The highest BCUT2D eigenvalue weighted by Crippen LogP contribution is 2.07. The van der Waals surface area contributed by atoms with Gasteiger partial charge in [-0.2, -0.15) is 0 Å². The smallest absolute Gasteiger partial charge is 0.208 e. The first-order valence-corrected chi connectivity index (χ1v) is 3.87. The van der Waals surface area contributed by atoms with Crippen molar-refractivity contribution < 1.29 is 4.42 Å². The molecule has 0 saturated heterocycles. The molecule has 0 bridgehead atoms. The number of nitrogens with zero attached hydrogens (tertiary/aromatic N) is 1. The van der Waals surface area contributed by atoms with E-state index in [2.05, 4.69) is 17.2 Å². The summed E-state index contributed by atoms with van der Waals surface area (Å²) in [6.45, 7) is 7.61. The number of nitrogens with one attached hydrogen (secondary N) is 1. The largest absolute Gasteiger partial charge is 0.444 e. The van der Waals surface area contributed by atoms with Crippen molar-refractivity contribution in [1.29, 1.82) is 0 Å². The zero-order valence-electron chi connectivity index (χ0n) is 7.27. The first-order valence-electron chi connectivity index (χ1n) is 3.87. The highest BCUT2D eigenvalue weighted by Gasteiger charge is 2.02. The Morgan fingerprint density at radius 1 is 1.45 bits per heavy atom. The van der Waals surface area contributed by atoms with Crippen molar-refractivity contribution in [1.82, 2.24) is 10.3 Å². The van der Waals surface area contributed by atoms with E-state index in [9.17, 15) is 0 Å². The van der Waals surface area contributed by atoms with Gasteiger partial charge in [0.2, 0.25) is 5.89 Å². The lowest BCUT2D eigenvalue weighted by atomic mass is 10.4. The molecule has 0 radical (unpaired) electrons. The molecule has 0 aliphatic rings. The molecule has 62 valence electrons. The summed E-state index contributed by atoms with van der Waals surface area (Å²) in [6.07, 6.45) is 0. The van der Waals surface area contributed by atoms with E-state index in [1.165, 1.54) is 0 Å². The normalized spacial score (nSPS) is 10.5. The van der Waals surface area contributed by atoms with Crippen molar-refractivity contribution in [2.75, 3.05) is 6.54 Å². The summed E-state index contributed by atoms with van der Waals surface area (Å²) in [6, 6.07) is 0. The summed E-state index contributed by atoms with van der Waals surface area (Å²) in [5, 5.41) is 3.15.